The van der Waals surface area contributed by atoms with Gasteiger partial charge in [-0.1, -0.05) is 25.1 Å². The van der Waals surface area contributed by atoms with Crippen molar-refractivity contribution in [1.29, 1.82) is 0 Å². The molecule has 0 aliphatic carbocycles. The molecule has 6 nitrogen and oxygen atoms in total. The zero-order valence-electron chi connectivity index (χ0n) is 10.7. The van der Waals surface area contributed by atoms with Crippen LogP contribution in [-0.2, 0) is 23.1 Å². The van der Waals surface area contributed by atoms with Gasteiger partial charge in [0.2, 0.25) is 10.0 Å². The van der Waals surface area contributed by atoms with E-state index < -0.39 is 10.0 Å². The Bertz CT molecular complexity index is 622. The standard InChI is InChI=1S/C12H16N4O2S/c1-2-8-16-10-13-15-12(16)9-14-19(17,18)11-6-4-3-5-7-11/h3-7,10,14H,2,8-9H2,1H3. The van der Waals surface area contributed by atoms with Crippen LogP contribution in [0.4, 0.5) is 0 Å². The van der Waals surface area contributed by atoms with Gasteiger partial charge in [0.05, 0.1) is 11.4 Å². The molecule has 0 aliphatic heterocycles. The highest BCUT2D eigenvalue weighted by Crippen LogP contribution is 2.08. The van der Waals surface area contributed by atoms with E-state index in [9.17, 15) is 8.42 Å². The van der Waals surface area contributed by atoms with Crippen LogP contribution in [-0.4, -0.2) is 23.2 Å². The van der Waals surface area contributed by atoms with Crippen molar-refractivity contribution in [3.8, 4) is 0 Å². The minimum absolute atomic E-state index is 0.136. The van der Waals surface area contributed by atoms with Crippen molar-refractivity contribution in [2.24, 2.45) is 0 Å². The van der Waals surface area contributed by atoms with Crippen molar-refractivity contribution >= 4 is 10.0 Å². The first-order chi connectivity index (χ1) is 9.13. The van der Waals surface area contributed by atoms with Crippen molar-refractivity contribution in [3.63, 3.8) is 0 Å². The third-order valence-electron chi connectivity index (χ3n) is 2.63. The quantitative estimate of drug-likeness (QED) is 0.861. The lowest BCUT2D eigenvalue weighted by Gasteiger charge is -2.07. The Morgan fingerprint density at radius 1 is 1.26 bits per heavy atom. The lowest BCUT2D eigenvalue weighted by Crippen LogP contribution is -2.25. The molecule has 0 atom stereocenters. The van der Waals surface area contributed by atoms with Gasteiger partial charge >= 0.3 is 0 Å². The Labute approximate surface area is 112 Å². The van der Waals surface area contributed by atoms with Crippen molar-refractivity contribution in [2.45, 2.75) is 31.3 Å². The van der Waals surface area contributed by atoms with Gasteiger partial charge in [0.1, 0.15) is 12.2 Å². The van der Waals surface area contributed by atoms with Crippen LogP contribution in [0.2, 0.25) is 0 Å². The smallest absolute Gasteiger partial charge is 0.240 e. The highest BCUT2D eigenvalue weighted by molar-refractivity contribution is 7.89. The molecule has 1 N–H and O–H groups in total. The molecule has 0 saturated carbocycles. The predicted molar refractivity (Wildman–Crippen MR) is 70.8 cm³/mol. The summed E-state index contributed by atoms with van der Waals surface area (Å²) in [7, 11) is -3.50. The van der Waals surface area contributed by atoms with Crippen LogP contribution in [0.25, 0.3) is 0 Å². The van der Waals surface area contributed by atoms with Gasteiger partial charge in [0.15, 0.2) is 0 Å². The summed E-state index contributed by atoms with van der Waals surface area (Å²) in [5.41, 5.74) is 0. The number of rotatable bonds is 6. The Hall–Kier alpha value is -1.73. The number of nitrogens with zero attached hydrogens (tertiary/aromatic N) is 3. The van der Waals surface area contributed by atoms with Gasteiger partial charge in [-0.3, -0.25) is 0 Å². The van der Waals surface area contributed by atoms with Gasteiger partial charge in [-0.25, -0.2) is 13.1 Å². The molecule has 1 aromatic heterocycles. The minimum atomic E-state index is -3.50. The number of aromatic nitrogens is 3. The Morgan fingerprint density at radius 2 is 2.00 bits per heavy atom. The second-order valence-corrected chi connectivity index (χ2v) is 5.85. The first-order valence-corrected chi connectivity index (χ1v) is 7.53. The number of aryl methyl sites for hydroxylation is 1. The van der Waals surface area contributed by atoms with E-state index in [0.29, 0.717) is 5.82 Å². The molecular weight excluding hydrogens is 264 g/mol. The summed E-state index contributed by atoms with van der Waals surface area (Å²) in [6.07, 6.45) is 2.55. The lowest BCUT2D eigenvalue weighted by atomic mass is 10.4. The molecule has 0 aliphatic rings. The molecule has 0 amide bonds. The molecule has 1 heterocycles. The minimum Gasteiger partial charge on any atom is -0.316 e. The maximum Gasteiger partial charge on any atom is 0.240 e. The summed E-state index contributed by atoms with van der Waals surface area (Å²) in [4.78, 5) is 0.247. The van der Waals surface area contributed by atoms with E-state index in [0.717, 1.165) is 13.0 Å². The van der Waals surface area contributed by atoms with Crippen LogP contribution in [0, 0.1) is 0 Å². The molecule has 7 heteroatoms. The normalized spacial score (nSPS) is 11.6. The molecule has 0 radical (unpaired) electrons. The Balaban J connectivity index is 2.08. The molecule has 0 spiro atoms. The van der Waals surface area contributed by atoms with E-state index in [2.05, 4.69) is 14.9 Å². The summed E-state index contributed by atoms with van der Waals surface area (Å²) in [6.45, 7) is 2.95. The van der Waals surface area contributed by atoms with Crippen LogP contribution < -0.4 is 4.72 Å². The van der Waals surface area contributed by atoms with Crippen LogP contribution in [0.1, 0.15) is 19.2 Å². The molecule has 0 unspecified atom stereocenters. The number of hydrogen-bond donors (Lipinski definition) is 1. The summed E-state index contributed by atoms with van der Waals surface area (Å²) in [5, 5.41) is 7.71. The number of benzene rings is 1. The van der Waals surface area contributed by atoms with Crippen molar-refractivity contribution in [1.82, 2.24) is 19.5 Å². The van der Waals surface area contributed by atoms with Gasteiger partial charge in [-0.2, -0.15) is 0 Å². The van der Waals surface area contributed by atoms with Gasteiger partial charge < -0.3 is 4.57 Å². The van der Waals surface area contributed by atoms with Crippen molar-refractivity contribution < 1.29 is 8.42 Å². The number of hydrogen-bond acceptors (Lipinski definition) is 4. The highest BCUT2D eigenvalue weighted by Gasteiger charge is 2.14. The fourth-order valence-electron chi connectivity index (χ4n) is 1.69. The molecule has 0 bridgehead atoms. The maximum atomic E-state index is 12.0. The zero-order valence-corrected chi connectivity index (χ0v) is 11.5. The van der Waals surface area contributed by atoms with Crippen molar-refractivity contribution in [3.05, 3.63) is 42.5 Å². The average Bonchev–Trinajstić information content (AvgIpc) is 2.86. The average molecular weight is 280 g/mol. The second-order valence-electron chi connectivity index (χ2n) is 4.08. The molecule has 19 heavy (non-hydrogen) atoms. The van der Waals surface area contributed by atoms with Gasteiger partial charge in [0, 0.05) is 6.54 Å². The molecular formula is C12H16N4O2S. The third kappa shape index (κ3) is 3.39. The molecule has 102 valence electrons. The van der Waals surface area contributed by atoms with Gasteiger partial charge in [0.25, 0.3) is 0 Å². The third-order valence-corrected chi connectivity index (χ3v) is 4.05. The molecule has 2 rings (SSSR count). The van der Waals surface area contributed by atoms with E-state index in [1.165, 1.54) is 0 Å². The molecule has 0 saturated heterocycles. The summed E-state index contributed by atoms with van der Waals surface area (Å²) in [6, 6.07) is 8.26. The first-order valence-electron chi connectivity index (χ1n) is 6.05. The van der Waals surface area contributed by atoms with Crippen LogP contribution in [0.3, 0.4) is 0 Å². The number of sulfonamides is 1. The fraction of sp³-hybridized carbons (Fsp3) is 0.333. The Kier molecular flexibility index (Phi) is 4.28. The van der Waals surface area contributed by atoms with E-state index >= 15 is 0 Å². The maximum absolute atomic E-state index is 12.0. The van der Waals surface area contributed by atoms with Gasteiger partial charge in [-0.15, -0.1) is 10.2 Å². The van der Waals surface area contributed by atoms with E-state index in [4.69, 9.17) is 0 Å². The van der Waals surface area contributed by atoms with Crippen LogP contribution in [0.15, 0.2) is 41.6 Å². The second kappa shape index (κ2) is 5.94. The zero-order chi connectivity index (χ0) is 13.7. The van der Waals surface area contributed by atoms with E-state index in [1.54, 1.807) is 36.7 Å². The summed E-state index contributed by atoms with van der Waals surface area (Å²) in [5.74, 6) is 0.612. The fourth-order valence-corrected chi connectivity index (χ4v) is 2.69. The van der Waals surface area contributed by atoms with Crippen LogP contribution >= 0.6 is 0 Å². The molecule has 2 aromatic rings. The topological polar surface area (TPSA) is 76.9 Å². The number of nitrogens with one attached hydrogen (secondary N) is 1. The summed E-state index contributed by atoms with van der Waals surface area (Å²) < 4.78 is 28.4. The monoisotopic (exact) mass is 280 g/mol. The van der Waals surface area contributed by atoms with E-state index in [1.807, 2.05) is 11.5 Å². The highest BCUT2D eigenvalue weighted by atomic mass is 32.2. The van der Waals surface area contributed by atoms with Crippen LogP contribution in [0.5, 0.6) is 0 Å². The lowest BCUT2D eigenvalue weighted by molar-refractivity contribution is 0.572. The predicted octanol–water partition coefficient (Wildman–Crippen LogP) is 1.17. The Morgan fingerprint density at radius 3 is 2.68 bits per heavy atom. The largest absolute Gasteiger partial charge is 0.316 e. The SMILES string of the molecule is CCCn1cnnc1CNS(=O)(=O)c1ccccc1. The van der Waals surface area contributed by atoms with Gasteiger partial charge in [-0.05, 0) is 18.6 Å². The first kappa shape index (κ1) is 13.7. The van der Waals surface area contributed by atoms with E-state index in [-0.39, 0.29) is 11.4 Å². The summed E-state index contributed by atoms with van der Waals surface area (Å²) >= 11 is 0. The molecule has 0 fully saturated rings. The molecule has 1 aromatic carbocycles. The van der Waals surface area contributed by atoms with Crippen molar-refractivity contribution in [2.75, 3.05) is 0 Å².